The molecule has 0 amide bonds. The summed E-state index contributed by atoms with van der Waals surface area (Å²) in [5, 5.41) is 14.4. The number of Topliss-reactive ketones (excluding diaryl/α,β-unsaturated/α-hetero) is 1. The molecule has 192 valence electrons. The zero-order valence-electron chi connectivity index (χ0n) is 21.8. The normalized spacial score (nSPS) is 21.9. The largest absolute Gasteiger partial charge is 0.323 e. The standard InChI is InChI=1S/C28H32FN7O/c1-17-8-22(32-24(9-17)33-25-11-20(4)34-35-25)28(29)15-27(5,16-28)23(37)10-19(3)21-6-7-26(30-13-21)36-14-18(2)12-31-36/h6-9,11-14,19H,10,15-16H2,1-5H3,(H2,32,33,34,35)/t19-,27?,28?/m1/s1. The Kier molecular flexibility index (Phi) is 6.17. The van der Waals surface area contributed by atoms with Crippen LogP contribution in [0.15, 0.2) is 48.9 Å². The molecule has 1 aliphatic carbocycles. The van der Waals surface area contributed by atoms with E-state index in [1.165, 1.54) is 0 Å². The average Bonchev–Trinajstić information content (AvgIpc) is 3.45. The summed E-state index contributed by atoms with van der Waals surface area (Å²) < 4.78 is 17.7. The molecule has 4 heterocycles. The number of pyridine rings is 2. The van der Waals surface area contributed by atoms with E-state index >= 15 is 4.39 Å². The van der Waals surface area contributed by atoms with Gasteiger partial charge >= 0.3 is 0 Å². The van der Waals surface area contributed by atoms with Crippen LogP contribution in [-0.4, -0.2) is 35.7 Å². The van der Waals surface area contributed by atoms with Crippen LogP contribution in [0.25, 0.3) is 5.82 Å². The lowest BCUT2D eigenvalue weighted by molar-refractivity contribution is -0.147. The van der Waals surface area contributed by atoms with Gasteiger partial charge in [0.15, 0.2) is 17.3 Å². The van der Waals surface area contributed by atoms with Crippen molar-refractivity contribution in [3.8, 4) is 5.82 Å². The summed E-state index contributed by atoms with van der Waals surface area (Å²) in [5.74, 6) is 1.93. The minimum Gasteiger partial charge on any atom is -0.323 e. The molecular weight excluding hydrogens is 469 g/mol. The van der Waals surface area contributed by atoms with Gasteiger partial charge in [-0.25, -0.2) is 19.0 Å². The Bertz CT molecular complexity index is 1430. The third-order valence-corrected chi connectivity index (χ3v) is 7.18. The quantitative estimate of drug-likeness (QED) is 0.317. The van der Waals surface area contributed by atoms with E-state index < -0.39 is 11.1 Å². The molecule has 2 N–H and O–H groups in total. The van der Waals surface area contributed by atoms with Gasteiger partial charge in [-0.05, 0) is 74.4 Å². The molecule has 1 aliphatic rings. The number of ketones is 1. The Balaban J connectivity index is 1.24. The number of H-pyrrole nitrogens is 1. The second-order valence-electron chi connectivity index (χ2n) is 10.8. The second-order valence-corrected chi connectivity index (χ2v) is 10.8. The molecule has 1 atom stereocenters. The van der Waals surface area contributed by atoms with Gasteiger partial charge in [-0.2, -0.15) is 10.2 Å². The van der Waals surface area contributed by atoms with E-state index in [1.807, 2.05) is 65.1 Å². The van der Waals surface area contributed by atoms with Crippen molar-refractivity contribution in [3.05, 3.63) is 77.0 Å². The topological polar surface area (TPSA) is 101 Å². The molecule has 0 aromatic carbocycles. The van der Waals surface area contributed by atoms with Gasteiger partial charge in [0.25, 0.3) is 0 Å². The van der Waals surface area contributed by atoms with Gasteiger partial charge in [-0.1, -0.05) is 19.9 Å². The number of rotatable bonds is 8. The third-order valence-electron chi connectivity index (χ3n) is 7.18. The van der Waals surface area contributed by atoms with Gasteiger partial charge in [-0.3, -0.25) is 9.89 Å². The minimum atomic E-state index is -1.64. The third kappa shape index (κ3) is 5.03. The molecule has 0 radical (unpaired) electrons. The maximum absolute atomic E-state index is 16.0. The minimum absolute atomic E-state index is 0.0231. The van der Waals surface area contributed by atoms with Crippen molar-refractivity contribution in [3.63, 3.8) is 0 Å². The highest BCUT2D eigenvalue weighted by Gasteiger charge is 2.58. The Morgan fingerprint density at radius 1 is 1.14 bits per heavy atom. The van der Waals surface area contributed by atoms with Crippen LogP contribution in [0.5, 0.6) is 0 Å². The van der Waals surface area contributed by atoms with Crippen molar-refractivity contribution in [2.45, 2.75) is 65.5 Å². The number of nitrogens with one attached hydrogen (secondary N) is 2. The van der Waals surface area contributed by atoms with Crippen molar-refractivity contribution in [2.24, 2.45) is 5.41 Å². The molecule has 5 rings (SSSR count). The van der Waals surface area contributed by atoms with Crippen LogP contribution in [0, 0.1) is 26.2 Å². The molecule has 37 heavy (non-hydrogen) atoms. The summed E-state index contributed by atoms with van der Waals surface area (Å²) >= 11 is 0. The number of alkyl halides is 1. The fourth-order valence-electron chi connectivity index (χ4n) is 5.14. The number of halogens is 1. The number of aromatic nitrogens is 6. The van der Waals surface area contributed by atoms with Gasteiger partial charge < -0.3 is 5.32 Å². The zero-order chi connectivity index (χ0) is 26.4. The molecular formula is C28H32FN7O. The highest BCUT2D eigenvalue weighted by molar-refractivity contribution is 5.86. The number of carbonyl (C=O) groups excluding carboxylic acids is 1. The van der Waals surface area contributed by atoms with Crippen LogP contribution in [0.3, 0.4) is 0 Å². The summed E-state index contributed by atoms with van der Waals surface area (Å²) in [7, 11) is 0. The van der Waals surface area contributed by atoms with Crippen LogP contribution in [0.1, 0.15) is 67.1 Å². The van der Waals surface area contributed by atoms with E-state index in [2.05, 4.69) is 30.6 Å². The number of nitrogens with zero attached hydrogens (tertiary/aromatic N) is 5. The molecule has 1 saturated carbocycles. The van der Waals surface area contributed by atoms with Crippen molar-refractivity contribution in [1.29, 1.82) is 0 Å². The highest BCUT2D eigenvalue weighted by Crippen LogP contribution is 2.57. The molecule has 0 aliphatic heterocycles. The molecule has 8 nitrogen and oxygen atoms in total. The molecule has 1 fully saturated rings. The Morgan fingerprint density at radius 3 is 2.54 bits per heavy atom. The van der Waals surface area contributed by atoms with Gasteiger partial charge in [0.1, 0.15) is 11.6 Å². The predicted molar refractivity (Wildman–Crippen MR) is 140 cm³/mol. The molecule has 4 aromatic rings. The number of hydrogen-bond acceptors (Lipinski definition) is 6. The maximum Gasteiger partial charge on any atom is 0.154 e. The first-order chi connectivity index (χ1) is 17.5. The molecule has 0 bridgehead atoms. The Labute approximate surface area is 215 Å². The van der Waals surface area contributed by atoms with Gasteiger partial charge in [0.2, 0.25) is 0 Å². The fraction of sp³-hybridized carbons (Fsp3) is 0.393. The first kappa shape index (κ1) is 24.8. The van der Waals surface area contributed by atoms with Gasteiger partial charge in [0, 0.05) is 36.0 Å². The molecule has 0 spiro atoms. The van der Waals surface area contributed by atoms with E-state index in [1.54, 1.807) is 23.1 Å². The first-order valence-corrected chi connectivity index (χ1v) is 12.5. The first-order valence-electron chi connectivity index (χ1n) is 12.5. The van der Waals surface area contributed by atoms with Crippen LogP contribution in [0.4, 0.5) is 16.0 Å². The second kappa shape index (κ2) is 9.21. The Morgan fingerprint density at radius 2 is 1.92 bits per heavy atom. The molecule has 0 saturated heterocycles. The van der Waals surface area contributed by atoms with Crippen LogP contribution in [-0.2, 0) is 10.5 Å². The summed E-state index contributed by atoms with van der Waals surface area (Å²) in [5.41, 5.74) is 1.84. The summed E-state index contributed by atoms with van der Waals surface area (Å²) in [6.45, 7) is 9.67. The van der Waals surface area contributed by atoms with E-state index in [9.17, 15) is 4.79 Å². The number of aromatic amines is 1. The summed E-state index contributed by atoms with van der Waals surface area (Å²) in [4.78, 5) is 22.3. The fourth-order valence-corrected chi connectivity index (χ4v) is 5.14. The smallest absolute Gasteiger partial charge is 0.154 e. The summed E-state index contributed by atoms with van der Waals surface area (Å²) in [6.07, 6.45) is 6.07. The van der Waals surface area contributed by atoms with Crippen molar-refractivity contribution in [2.75, 3.05) is 5.32 Å². The molecule has 0 unspecified atom stereocenters. The lowest BCUT2D eigenvalue weighted by atomic mass is 9.57. The van der Waals surface area contributed by atoms with Crippen molar-refractivity contribution in [1.82, 2.24) is 29.9 Å². The van der Waals surface area contributed by atoms with Crippen molar-refractivity contribution >= 4 is 17.4 Å². The van der Waals surface area contributed by atoms with Crippen LogP contribution < -0.4 is 5.32 Å². The number of carbonyl (C=O) groups is 1. The van der Waals surface area contributed by atoms with E-state index in [0.717, 1.165) is 28.2 Å². The molecule has 9 heteroatoms. The summed E-state index contributed by atoms with van der Waals surface area (Å²) in [6, 6.07) is 9.36. The zero-order valence-corrected chi connectivity index (χ0v) is 21.8. The molecule has 4 aromatic heterocycles. The average molecular weight is 502 g/mol. The van der Waals surface area contributed by atoms with Crippen molar-refractivity contribution < 1.29 is 9.18 Å². The lowest BCUT2D eigenvalue weighted by Crippen LogP contribution is -2.50. The SMILES string of the molecule is Cc1cc(Nc2cc(C)[nH]n2)nc(C2(F)CC(C)(C(=O)C[C@@H](C)c3ccc(-n4cc(C)cn4)nc3)C2)c1. The van der Waals surface area contributed by atoms with Gasteiger partial charge in [-0.15, -0.1) is 0 Å². The monoisotopic (exact) mass is 501 g/mol. The number of anilines is 2. The lowest BCUT2D eigenvalue weighted by Gasteiger charge is -2.48. The maximum atomic E-state index is 16.0. The van der Waals surface area contributed by atoms with Gasteiger partial charge in [0.05, 0.1) is 11.9 Å². The van der Waals surface area contributed by atoms with E-state index in [4.69, 9.17) is 0 Å². The van der Waals surface area contributed by atoms with Crippen LogP contribution in [0.2, 0.25) is 0 Å². The van der Waals surface area contributed by atoms with E-state index in [0.29, 0.717) is 23.8 Å². The Hall–Kier alpha value is -3.88. The number of hydrogen-bond donors (Lipinski definition) is 2. The van der Waals surface area contributed by atoms with Crippen LogP contribution >= 0.6 is 0 Å². The van der Waals surface area contributed by atoms with E-state index in [-0.39, 0.29) is 24.5 Å². The predicted octanol–water partition coefficient (Wildman–Crippen LogP) is 5.78. The highest BCUT2D eigenvalue weighted by atomic mass is 19.1. The number of aryl methyl sites for hydroxylation is 3.